The van der Waals surface area contributed by atoms with Crippen LogP contribution in [0.5, 0.6) is 5.75 Å². The summed E-state index contributed by atoms with van der Waals surface area (Å²) >= 11 is 0. The zero-order valence-corrected chi connectivity index (χ0v) is 22.2. The fraction of sp³-hybridized carbons (Fsp3) is 0.0833. The maximum absolute atomic E-state index is 12.0. The Morgan fingerprint density at radius 3 is 1.56 bits per heavy atom. The third-order valence-corrected chi connectivity index (χ3v) is 6.43. The summed E-state index contributed by atoms with van der Waals surface area (Å²) in [5.41, 5.74) is 7.64. The van der Waals surface area contributed by atoms with Gasteiger partial charge in [0.2, 0.25) is 0 Å². The Labute approximate surface area is 230 Å². The molecule has 3 nitrogen and oxygen atoms in total. The van der Waals surface area contributed by atoms with Crippen molar-refractivity contribution in [3.8, 4) is 5.75 Å². The molecule has 0 amide bonds. The summed E-state index contributed by atoms with van der Waals surface area (Å²) in [4.78, 5) is 14.3. The fourth-order valence-corrected chi connectivity index (χ4v) is 4.38. The Kier molecular flexibility index (Phi) is 7.99. The Balaban J connectivity index is 1.49. The number of hydrogen-bond donors (Lipinski definition) is 0. The van der Waals surface area contributed by atoms with E-state index in [-0.39, 0.29) is 11.9 Å². The maximum atomic E-state index is 12.0. The zero-order valence-electron chi connectivity index (χ0n) is 22.2. The average Bonchev–Trinajstić information content (AvgIpc) is 2.99. The highest BCUT2D eigenvalue weighted by Gasteiger charge is 2.13. The SMILES string of the molecule is CC(C)C(=O)Oc1ccc(C(=Cc2ccc(N(c3ccccc3)c3ccccc3)cc2)c2ccccc2)cc1. The lowest BCUT2D eigenvalue weighted by Crippen LogP contribution is -2.14. The van der Waals surface area contributed by atoms with E-state index < -0.39 is 0 Å². The molecule has 3 heteroatoms. The number of hydrogen-bond acceptors (Lipinski definition) is 3. The van der Waals surface area contributed by atoms with Gasteiger partial charge < -0.3 is 9.64 Å². The first-order valence-electron chi connectivity index (χ1n) is 13.2. The van der Waals surface area contributed by atoms with Crippen molar-refractivity contribution >= 4 is 34.7 Å². The van der Waals surface area contributed by atoms with Gasteiger partial charge in [-0.05, 0) is 76.9 Å². The highest BCUT2D eigenvalue weighted by molar-refractivity contribution is 5.92. The fourth-order valence-electron chi connectivity index (χ4n) is 4.38. The van der Waals surface area contributed by atoms with Crippen molar-refractivity contribution in [3.05, 3.63) is 156 Å². The number of carbonyl (C=O) groups excluding carboxylic acids is 1. The molecule has 0 aliphatic rings. The topological polar surface area (TPSA) is 29.5 Å². The summed E-state index contributed by atoms with van der Waals surface area (Å²) in [6.07, 6.45) is 2.20. The number of ether oxygens (including phenoxy) is 1. The third-order valence-electron chi connectivity index (χ3n) is 6.43. The van der Waals surface area contributed by atoms with Gasteiger partial charge >= 0.3 is 5.97 Å². The van der Waals surface area contributed by atoms with Crippen LogP contribution in [0.3, 0.4) is 0 Å². The van der Waals surface area contributed by atoms with Crippen LogP contribution in [0.15, 0.2) is 140 Å². The van der Waals surface area contributed by atoms with Crippen molar-refractivity contribution in [2.24, 2.45) is 5.92 Å². The molecule has 0 saturated heterocycles. The molecule has 0 spiro atoms. The van der Waals surface area contributed by atoms with Crippen molar-refractivity contribution in [1.29, 1.82) is 0 Å². The van der Waals surface area contributed by atoms with Crippen LogP contribution in [0, 0.1) is 5.92 Å². The van der Waals surface area contributed by atoms with E-state index in [0.29, 0.717) is 5.75 Å². The number of esters is 1. The monoisotopic (exact) mass is 509 g/mol. The molecule has 0 radical (unpaired) electrons. The standard InChI is InChI=1S/C36H31NO2/c1-27(2)36(38)39-34-24-20-30(21-25-34)35(29-12-6-3-7-13-29)26-28-18-22-33(23-19-28)37(31-14-8-4-9-15-31)32-16-10-5-11-17-32/h3-27H,1-2H3. The van der Waals surface area contributed by atoms with Crippen LogP contribution >= 0.6 is 0 Å². The summed E-state index contributed by atoms with van der Waals surface area (Å²) in [6, 6.07) is 47.4. The predicted octanol–water partition coefficient (Wildman–Crippen LogP) is 9.31. The molecule has 0 bridgehead atoms. The van der Waals surface area contributed by atoms with Crippen LogP contribution in [-0.2, 0) is 4.79 Å². The van der Waals surface area contributed by atoms with Gasteiger partial charge in [-0.25, -0.2) is 0 Å². The second kappa shape index (κ2) is 12.1. The van der Waals surface area contributed by atoms with Gasteiger partial charge in [-0.15, -0.1) is 0 Å². The van der Waals surface area contributed by atoms with E-state index in [4.69, 9.17) is 4.74 Å². The van der Waals surface area contributed by atoms with Crippen molar-refractivity contribution in [3.63, 3.8) is 0 Å². The number of anilines is 3. The number of nitrogens with zero attached hydrogens (tertiary/aromatic N) is 1. The van der Waals surface area contributed by atoms with Crippen LogP contribution in [0.25, 0.3) is 11.6 Å². The summed E-state index contributed by atoms with van der Waals surface area (Å²) < 4.78 is 5.48. The summed E-state index contributed by atoms with van der Waals surface area (Å²) in [6.45, 7) is 3.66. The Hall–Kier alpha value is -4.89. The summed E-state index contributed by atoms with van der Waals surface area (Å²) in [7, 11) is 0. The van der Waals surface area contributed by atoms with Gasteiger partial charge in [-0.2, -0.15) is 0 Å². The Bertz CT molecular complexity index is 1480. The minimum atomic E-state index is -0.235. The van der Waals surface area contributed by atoms with Gasteiger partial charge in [0.15, 0.2) is 0 Å². The van der Waals surface area contributed by atoms with Crippen molar-refractivity contribution in [1.82, 2.24) is 0 Å². The van der Waals surface area contributed by atoms with Crippen LogP contribution in [0.4, 0.5) is 17.1 Å². The minimum absolute atomic E-state index is 0.174. The molecule has 0 aliphatic carbocycles. The number of rotatable bonds is 8. The number of benzene rings is 5. The molecular formula is C36H31NO2. The average molecular weight is 510 g/mol. The molecule has 0 aliphatic heterocycles. The van der Waals surface area contributed by atoms with Crippen molar-refractivity contribution in [2.75, 3.05) is 4.90 Å². The Morgan fingerprint density at radius 2 is 1.05 bits per heavy atom. The molecule has 0 heterocycles. The van der Waals surface area contributed by atoms with Gasteiger partial charge in [0.1, 0.15) is 5.75 Å². The minimum Gasteiger partial charge on any atom is -0.426 e. The quantitative estimate of drug-likeness (QED) is 0.119. The smallest absolute Gasteiger partial charge is 0.313 e. The van der Waals surface area contributed by atoms with Crippen LogP contribution < -0.4 is 9.64 Å². The number of para-hydroxylation sites is 2. The third kappa shape index (κ3) is 6.34. The molecule has 192 valence electrons. The zero-order chi connectivity index (χ0) is 27.0. The second-order valence-corrected chi connectivity index (χ2v) is 9.62. The van der Waals surface area contributed by atoms with Gasteiger partial charge in [0.25, 0.3) is 0 Å². The lowest BCUT2D eigenvalue weighted by Gasteiger charge is -2.25. The van der Waals surface area contributed by atoms with Crippen molar-refractivity contribution < 1.29 is 9.53 Å². The molecule has 0 atom stereocenters. The molecule has 5 aromatic carbocycles. The van der Waals surface area contributed by atoms with E-state index in [2.05, 4.69) is 95.9 Å². The second-order valence-electron chi connectivity index (χ2n) is 9.62. The van der Waals surface area contributed by atoms with E-state index in [1.165, 1.54) is 0 Å². The van der Waals surface area contributed by atoms with Gasteiger partial charge in [-0.1, -0.05) is 105 Å². The first-order valence-corrected chi connectivity index (χ1v) is 13.2. The van der Waals surface area contributed by atoms with E-state index in [0.717, 1.165) is 39.3 Å². The van der Waals surface area contributed by atoms with Gasteiger partial charge in [0, 0.05) is 17.1 Å². The molecule has 0 aromatic heterocycles. The molecule has 0 fully saturated rings. The van der Waals surface area contributed by atoms with Crippen LogP contribution in [0.1, 0.15) is 30.5 Å². The largest absolute Gasteiger partial charge is 0.426 e. The normalized spacial score (nSPS) is 11.3. The predicted molar refractivity (Wildman–Crippen MR) is 161 cm³/mol. The summed E-state index contributed by atoms with van der Waals surface area (Å²) in [5, 5.41) is 0. The molecular weight excluding hydrogens is 478 g/mol. The lowest BCUT2D eigenvalue weighted by atomic mass is 9.95. The molecule has 39 heavy (non-hydrogen) atoms. The first kappa shape index (κ1) is 25.7. The first-order chi connectivity index (χ1) is 19.1. The van der Waals surface area contributed by atoms with Crippen molar-refractivity contribution in [2.45, 2.75) is 13.8 Å². The maximum Gasteiger partial charge on any atom is 0.313 e. The van der Waals surface area contributed by atoms with E-state index in [1.807, 2.05) is 68.4 Å². The van der Waals surface area contributed by atoms with E-state index in [9.17, 15) is 4.79 Å². The lowest BCUT2D eigenvalue weighted by molar-refractivity contribution is -0.137. The van der Waals surface area contributed by atoms with E-state index >= 15 is 0 Å². The molecule has 0 unspecified atom stereocenters. The van der Waals surface area contributed by atoms with Gasteiger partial charge in [0.05, 0.1) is 5.92 Å². The molecule has 5 aromatic rings. The van der Waals surface area contributed by atoms with Crippen LogP contribution in [0.2, 0.25) is 0 Å². The van der Waals surface area contributed by atoms with Crippen LogP contribution in [-0.4, -0.2) is 5.97 Å². The van der Waals surface area contributed by atoms with E-state index in [1.54, 1.807) is 0 Å². The highest BCUT2D eigenvalue weighted by atomic mass is 16.5. The number of carbonyl (C=O) groups is 1. The highest BCUT2D eigenvalue weighted by Crippen LogP contribution is 2.35. The van der Waals surface area contributed by atoms with Gasteiger partial charge in [-0.3, -0.25) is 4.79 Å². The summed E-state index contributed by atoms with van der Waals surface area (Å²) in [5.74, 6) is 0.143. The Morgan fingerprint density at radius 1 is 0.590 bits per heavy atom. The molecule has 0 N–H and O–H groups in total. The molecule has 0 saturated carbocycles. The molecule has 5 rings (SSSR count).